The van der Waals surface area contributed by atoms with Crippen molar-refractivity contribution in [2.45, 2.75) is 6.92 Å². The minimum Gasteiger partial charge on any atom is -0.306 e. The van der Waals surface area contributed by atoms with E-state index in [9.17, 15) is 4.79 Å². The van der Waals surface area contributed by atoms with Gasteiger partial charge in [-0.25, -0.2) is 4.98 Å². The molecule has 2 rings (SSSR count). The van der Waals surface area contributed by atoms with E-state index >= 15 is 0 Å². The van der Waals surface area contributed by atoms with Gasteiger partial charge in [-0.05, 0) is 41.1 Å². The molecule has 5 heteroatoms. The van der Waals surface area contributed by atoms with Gasteiger partial charge in [-0.1, -0.05) is 28.1 Å². The second kappa shape index (κ2) is 4.67. The molecule has 0 aliphatic heterocycles. The predicted octanol–water partition coefficient (Wildman–Crippen LogP) is 3.11. The van der Waals surface area contributed by atoms with Crippen LogP contribution in [0.1, 0.15) is 5.56 Å². The maximum absolute atomic E-state index is 11.5. The molecule has 0 saturated heterocycles. The first-order valence-corrected chi connectivity index (χ1v) is 6.46. The molecule has 3 nitrogen and oxygen atoms in total. The van der Waals surface area contributed by atoms with Crippen molar-refractivity contribution in [3.05, 3.63) is 48.4 Å². The number of nitrogens with one attached hydrogen (secondary N) is 1. The molecule has 0 aliphatic rings. The molecule has 1 heterocycles. The number of rotatable bonds is 1. The fraction of sp³-hybridized carbons (Fsp3) is 0.0909. The van der Waals surface area contributed by atoms with Gasteiger partial charge in [-0.3, -0.25) is 4.79 Å². The number of aromatic amines is 1. The fourth-order valence-electron chi connectivity index (χ4n) is 1.27. The lowest BCUT2D eigenvalue weighted by Gasteiger charge is -2.03. The largest absolute Gasteiger partial charge is 0.306 e. The van der Waals surface area contributed by atoms with Crippen molar-refractivity contribution in [1.29, 1.82) is 0 Å². The number of aromatic nitrogens is 2. The van der Waals surface area contributed by atoms with Crippen LogP contribution in [0.15, 0.2) is 33.7 Å². The normalized spacial score (nSPS) is 10.4. The molecule has 82 valence electrons. The highest BCUT2D eigenvalue weighted by molar-refractivity contribution is 14.1. The van der Waals surface area contributed by atoms with E-state index in [1.54, 1.807) is 6.20 Å². The van der Waals surface area contributed by atoms with Gasteiger partial charge in [0.2, 0.25) is 0 Å². The van der Waals surface area contributed by atoms with Crippen LogP contribution in [0.2, 0.25) is 0 Å². The zero-order chi connectivity index (χ0) is 11.7. The van der Waals surface area contributed by atoms with E-state index in [2.05, 4.69) is 25.9 Å². The number of benzene rings is 1. The Morgan fingerprint density at radius 1 is 1.44 bits per heavy atom. The predicted molar refractivity (Wildman–Crippen MR) is 75.4 cm³/mol. The molecule has 0 atom stereocenters. The van der Waals surface area contributed by atoms with Crippen molar-refractivity contribution >= 4 is 38.5 Å². The molecule has 0 spiro atoms. The molecule has 0 amide bonds. The third-order valence-corrected chi connectivity index (χ3v) is 3.82. The first-order valence-electron chi connectivity index (χ1n) is 4.59. The van der Waals surface area contributed by atoms with E-state index in [1.165, 1.54) is 0 Å². The molecule has 0 bridgehead atoms. The van der Waals surface area contributed by atoms with E-state index < -0.39 is 0 Å². The van der Waals surface area contributed by atoms with Gasteiger partial charge in [-0.2, -0.15) is 0 Å². The highest BCUT2D eigenvalue weighted by atomic mass is 127. The Bertz CT molecular complexity index is 595. The Kier molecular flexibility index (Phi) is 3.44. The fourth-order valence-corrected chi connectivity index (χ4v) is 1.92. The van der Waals surface area contributed by atoms with Crippen LogP contribution in [-0.2, 0) is 0 Å². The average Bonchev–Trinajstić information content (AvgIpc) is 2.26. The highest BCUT2D eigenvalue weighted by Gasteiger charge is 2.04. The van der Waals surface area contributed by atoms with Crippen molar-refractivity contribution in [3.8, 4) is 11.4 Å². The zero-order valence-corrected chi connectivity index (χ0v) is 12.2. The molecule has 0 aliphatic carbocycles. The summed E-state index contributed by atoms with van der Waals surface area (Å²) in [5.41, 5.74) is 1.94. The molecule has 0 unspecified atom stereocenters. The lowest BCUT2D eigenvalue weighted by Crippen LogP contribution is -2.11. The standard InChI is InChI=1S/C11H8BrIN2O/c1-6-2-3-7(4-8(6)12)10-14-5-9(13)11(16)15-10/h2-5H,1H3,(H,14,15,16). The average molecular weight is 391 g/mol. The summed E-state index contributed by atoms with van der Waals surface area (Å²) in [6, 6.07) is 5.86. The Morgan fingerprint density at radius 3 is 2.81 bits per heavy atom. The second-order valence-electron chi connectivity index (χ2n) is 3.37. The molecular weight excluding hydrogens is 383 g/mol. The minimum atomic E-state index is -0.109. The highest BCUT2D eigenvalue weighted by Crippen LogP contribution is 2.22. The van der Waals surface area contributed by atoms with Gasteiger partial charge in [0.1, 0.15) is 5.82 Å². The third-order valence-electron chi connectivity index (χ3n) is 2.20. The molecule has 0 saturated carbocycles. The number of hydrogen-bond donors (Lipinski definition) is 1. The van der Waals surface area contributed by atoms with Crippen LogP contribution < -0.4 is 5.56 Å². The van der Waals surface area contributed by atoms with Gasteiger partial charge < -0.3 is 4.98 Å². The maximum Gasteiger partial charge on any atom is 0.264 e. The van der Waals surface area contributed by atoms with Crippen LogP contribution in [0.3, 0.4) is 0 Å². The summed E-state index contributed by atoms with van der Waals surface area (Å²) in [4.78, 5) is 18.4. The second-order valence-corrected chi connectivity index (χ2v) is 5.39. The van der Waals surface area contributed by atoms with Gasteiger partial charge in [0, 0.05) is 16.2 Å². The number of halogens is 2. The Labute approximate surface area is 115 Å². The van der Waals surface area contributed by atoms with Crippen molar-refractivity contribution in [2.24, 2.45) is 0 Å². The van der Waals surface area contributed by atoms with E-state index in [0.29, 0.717) is 9.39 Å². The first-order chi connectivity index (χ1) is 7.58. The molecule has 1 aromatic heterocycles. The van der Waals surface area contributed by atoms with Gasteiger partial charge in [0.25, 0.3) is 5.56 Å². The summed E-state index contributed by atoms with van der Waals surface area (Å²) in [5.74, 6) is 0.589. The lowest BCUT2D eigenvalue weighted by atomic mass is 10.1. The van der Waals surface area contributed by atoms with Crippen LogP contribution in [0.25, 0.3) is 11.4 Å². The smallest absolute Gasteiger partial charge is 0.264 e. The van der Waals surface area contributed by atoms with Gasteiger partial charge in [0.15, 0.2) is 0 Å². The van der Waals surface area contributed by atoms with Crippen LogP contribution in [0.4, 0.5) is 0 Å². The molecule has 0 radical (unpaired) electrons. The Morgan fingerprint density at radius 2 is 2.19 bits per heavy atom. The molecule has 1 aromatic carbocycles. The van der Waals surface area contributed by atoms with E-state index in [-0.39, 0.29) is 5.56 Å². The molecular formula is C11H8BrIN2O. The Balaban J connectivity index is 2.55. The maximum atomic E-state index is 11.5. The van der Waals surface area contributed by atoms with Crippen molar-refractivity contribution < 1.29 is 0 Å². The molecule has 1 N–H and O–H groups in total. The number of H-pyrrole nitrogens is 1. The molecule has 2 aromatic rings. The number of nitrogens with zero attached hydrogens (tertiary/aromatic N) is 1. The van der Waals surface area contributed by atoms with Gasteiger partial charge in [-0.15, -0.1) is 0 Å². The van der Waals surface area contributed by atoms with Crippen LogP contribution >= 0.6 is 38.5 Å². The van der Waals surface area contributed by atoms with Crippen LogP contribution in [0, 0.1) is 10.5 Å². The van der Waals surface area contributed by atoms with E-state index in [1.807, 2.05) is 47.7 Å². The summed E-state index contributed by atoms with van der Waals surface area (Å²) < 4.78 is 1.60. The quantitative estimate of drug-likeness (QED) is 0.760. The van der Waals surface area contributed by atoms with E-state index in [4.69, 9.17) is 0 Å². The van der Waals surface area contributed by atoms with Crippen LogP contribution in [-0.4, -0.2) is 9.97 Å². The van der Waals surface area contributed by atoms with Crippen molar-refractivity contribution in [3.63, 3.8) is 0 Å². The van der Waals surface area contributed by atoms with E-state index in [0.717, 1.165) is 15.6 Å². The summed E-state index contributed by atoms with van der Waals surface area (Å²) in [6.07, 6.45) is 1.57. The van der Waals surface area contributed by atoms with Crippen LogP contribution in [0.5, 0.6) is 0 Å². The Hall–Kier alpha value is -0.690. The minimum absolute atomic E-state index is 0.109. The van der Waals surface area contributed by atoms with Gasteiger partial charge >= 0.3 is 0 Å². The first kappa shape index (κ1) is 11.8. The van der Waals surface area contributed by atoms with Gasteiger partial charge in [0.05, 0.1) is 3.57 Å². The number of hydrogen-bond acceptors (Lipinski definition) is 2. The summed E-state index contributed by atoms with van der Waals surface area (Å²) in [7, 11) is 0. The monoisotopic (exact) mass is 390 g/mol. The zero-order valence-electron chi connectivity index (χ0n) is 8.42. The number of aryl methyl sites for hydroxylation is 1. The lowest BCUT2D eigenvalue weighted by molar-refractivity contribution is 1.11. The summed E-state index contributed by atoms with van der Waals surface area (Å²) >= 11 is 5.41. The summed E-state index contributed by atoms with van der Waals surface area (Å²) in [5, 5.41) is 0. The topological polar surface area (TPSA) is 45.8 Å². The van der Waals surface area contributed by atoms with Crippen molar-refractivity contribution in [2.75, 3.05) is 0 Å². The molecule has 16 heavy (non-hydrogen) atoms. The molecule has 0 fully saturated rings. The SMILES string of the molecule is Cc1ccc(-c2ncc(I)c(=O)[nH]2)cc1Br. The summed E-state index contributed by atoms with van der Waals surface area (Å²) in [6.45, 7) is 2.01. The van der Waals surface area contributed by atoms with Crippen molar-refractivity contribution in [1.82, 2.24) is 9.97 Å². The third kappa shape index (κ3) is 2.35.